The number of pyridine rings is 1. The molecule has 4 rings (SSSR count). The third-order valence-electron chi connectivity index (χ3n) is 4.89. The van der Waals surface area contributed by atoms with Crippen molar-refractivity contribution in [2.45, 2.75) is 13.3 Å². The second kappa shape index (κ2) is 8.52. The van der Waals surface area contributed by atoms with Crippen LogP contribution in [0.15, 0.2) is 79.0 Å². The minimum Gasteiger partial charge on any atom is -0.352 e. The maximum atomic E-state index is 12.8. The van der Waals surface area contributed by atoms with E-state index < -0.39 is 0 Å². The van der Waals surface area contributed by atoms with E-state index in [4.69, 9.17) is 0 Å². The zero-order chi connectivity index (χ0) is 20.1. The van der Waals surface area contributed by atoms with Gasteiger partial charge in [-0.2, -0.15) is 5.10 Å². The lowest BCUT2D eigenvalue weighted by molar-refractivity contribution is 0.0954. The van der Waals surface area contributed by atoms with E-state index in [1.165, 1.54) is 0 Å². The molecular formula is C24H22N4O. The molecule has 2 aromatic heterocycles. The van der Waals surface area contributed by atoms with Crippen LogP contribution in [0.1, 0.15) is 21.6 Å². The Morgan fingerprint density at radius 3 is 2.52 bits per heavy atom. The van der Waals surface area contributed by atoms with Crippen molar-refractivity contribution in [3.05, 3.63) is 95.8 Å². The summed E-state index contributed by atoms with van der Waals surface area (Å²) in [7, 11) is 0. The van der Waals surface area contributed by atoms with Gasteiger partial charge in [-0.3, -0.25) is 14.9 Å². The molecule has 0 saturated carbocycles. The first-order valence-electron chi connectivity index (χ1n) is 9.62. The molecule has 0 bridgehead atoms. The van der Waals surface area contributed by atoms with E-state index in [-0.39, 0.29) is 5.91 Å². The molecule has 2 aromatic carbocycles. The van der Waals surface area contributed by atoms with Crippen LogP contribution in [0.2, 0.25) is 0 Å². The highest BCUT2D eigenvalue weighted by molar-refractivity contribution is 6.01. The van der Waals surface area contributed by atoms with Gasteiger partial charge in [-0.1, -0.05) is 54.6 Å². The first-order valence-corrected chi connectivity index (χ1v) is 9.62. The van der Waals surface area contributed by atoms with Crippen LogP contribution in [0.25, 0.3) is 22.5 Å². The fourth-order valence-corrected chi connectivity index (χ4v) is 3.38. The van der Waals surface area contributed by atoms with Crippen molar-refractivity contribution in [3.63, 3.8) is 0 Å². The number of aromatic nitrogens is 3. The molecule has 2 N–H and O–H groups in total. The Balaban J connectivity index is 1.56. The average molecular weight is 382 g/mol. The predicted octanol–water partition coefficient (Wildman–Crippen LogP) is 4.42. The number of H-pyrrole nitrogens is 1. The monoisotopic (exact) mass is 382 g/mol. The molecule has 0 unspecified atom stereocenters. The molecule has 0 fully saturated rings. The summed E-state index contributed by atoms with van der Waals surface area (Å²) in [4.78, 5) is 17.1. The molecule has 0 aliphatic rings. The first kappa shape index (κ1) is 18.6. The maximum absolute atomic E-state index is 12.8. The highest BCUT2D eigenvalue weighted by Gasteiger charge is 2.18. The largest absolute Gasteiger partial charge is 0.352 e. The lowest BCUT2D eigenvalue weighted by Crippen LogP contribution is -2.26. The number of carbonyl (C=O) groups excluding carboxylic acids is 1. The Morgan fingerprint density at radius 2 is 1.72 bits per heavy atom. The van der Waals surface area contributed by atoms with Crippen molar-refractivity contribution in [1.82, 2.24) is 20.5 Å². The average Bonchev–Trinajstić information content (AvgIpc) is 3.16. The summed E-state index contributed by atoms with van der Waals surface area (Å²) in [6, 6.07) is 23.4. The van der Waals surface area contributed by atoms with Crippen LogP contribution < -0.4 is 5.32 Å². The predicted molar refractivity (Wildman–Crippen MR) is 114 cm³/mol. The number of carbonyl (C=O) groups is 1. The van der Waals surface area contributed by atoms with Gasteiger partial charge in [-0.15, -0.1) is 0 Å². The second-order valence-electron chi connectivity index (χ2n) is 6.81. The molecule has 0 aliphatic heterocycles. The minimum absolute atomic E-state index is 0.111. The molecule has 0 atom stereocenters. The normalized spacial score (nSPS) is 10.7. The fraction of sp³-hybridized carbons (Fsp3) is 0.125. The molecule has 5 heteroatoms. The van der Waals surface area contributed by atoms with Gasteiger partial charge < -0.3 is 5.32 Å². The summed E-state index contributed by atoms with van der Waals surface area (Å²) in [6.45, 7) is 2.55. The Kier molecular flexibility index (Phi) is 5.47. The summed E-state index contributed by atoms with van der Waals surface area (Å²) in [5, 5.41) is 10.6. The zero-order valence-electron chi connectivity index (χ0n) is 16.2. The van der Waals surface area contributed by atoms with E-state index in [0.29, 0.717) is 18.5 Å². The number of aromatic amines is 1. The van der Waals surface area contributed by atoms with Gasteiger partial charge in [0.25, 0.3) is 5.91 Å². The van der Waals surface area contributed by atoms with E-state index in [2.05, 4.69) is 20.5 Å². The molecule has 1 amide bonds. The van der Waals surface area contributed by atoms with Crippen molar-refractivity contribution in [2.75, 3.05) is 6.54 Å². The van der Waals surface area contributed by atoms with Gasteiger partial charge in [0.2, 0.25) is 0 Å². The maximum Gasteiger partial charge on any atom is 0.251 e. The van der Waals surface area contributed by atoms with Crippen molar-refractivity contribution in [1.29, 1.82) is 0 Å². The van der Waals surface area contributed by atoms with Gasteiger partial charge >= 0.3 is 0 Å². The molecule has 4 aromatic rings. The molecule has 29 heavy (non-hydrogen) atoms. The van der Waals surface area contributed by atoms with Crippen molar-refractivity contribution in [2.24, 2.45) is 0 Å². The van der Waals surface area contributed by atoms with Crippen molar-refractivity contribution in [3.8, 4) is 22.5 Å². The standard InChI is InChI=1S/C24H22N4O/c1-17-22(18-9-3-2-4-10-18)27-28-23(17)20-12-5-6-13-21(20)24(29)26-16-14-19-11-7-8-15-25-19/h2-13,15H,14,16H2,1H3,(H,26,29)(H,27,28). The molecule has 2 heterocycles. The van der Waals surface area contributed by atoms with Gasteiger partial charge in [0.1, 0.15) is 0 Å². The third-order valence-corrected chi connectivity index (χ3v) is 4.89. The van der Waals surface area contributed by atoms with Crippen LogP contribution in [-0.4, -0.2) is 27.6 Å². The molecule has 5 nitrogen and oxygen atoms in total. The van der Waals surface area contributed by atoms with Gasteiger partial charge in [-0.25, -0.2) is 0 Å². The van der Waals surface area contributed by atoms with Gasteiger partial charge in [0.15, 0.2) is 0 Å². The van der Waals surface area contributed by atoms with Crippen molar-refractivity contribution < 1.29 is 4.79 Å². The lowest BCUT2D eigenvalue weighted by Gasteiger charge is -2.09. The van der Waals surface area contributed by atoms with Crippen LogP contribution in [0.5, 0.6) is 0 Å². The fourth-order valence-electron chi connectivity index (χ4n) is 3.38. The number of nitrogens with zero attached hydrogens (tertiary/aromatic N) is 2. The van der Waals surface area contributed by atoms with Gasteiger partial charge in [-0.05, 0) is 30.7 Å². The van der Waals surface area contributed by atoms with E-state index in [9.17, 15) is 4.79 Å². The number of hydrogen-bond donors (Lipinski definition) is 2. The molecule has 0 radical (unpaired) electrons. The van der Waals surface area contributed by atoms with E-state index in [1.807, 2.05) is 79.7 Å². The van der Waals surface area contributed by atoms with Crippen molar-refractivity contribution >= 4 is 5.91 Å². The minimum atomic E-state index is -0.111. The molecular weight excluding hydrogens is 360 g/mol. The quantitative estimate of drug-likeness (QED) is 0.519. The summed E-state index contributed by atoms with van der Waals surface area (Å²) in [5.74, 6) is -0.111. The Hall–Kier alpha value is -3.73. The Morgan fingerprint density at radius 1 is 0.966 bits per heavy atom. The van der Waals surface area contributed by atoms with Crippen LogP contribution in [0.3, 0.4) is 0 Å². The van der Waals surface area contributed by atoms with Crippen LogP contribution in [-0.2, 0) is 6.42 Å². The smallest absolute Gasteiger partial charge is 0.251 e. The molecule has 0 aliphatic carbocycles. The highest BCUT2D eigenvalue weighted by Crippen LogP contribution is 2.31. The number of nitrogens with one attached hydrogen (secondary N) is 2. The topological polar surface area (TPSA) is 70.7 Å². The second-order valence-corrected chi connectivity index (χ2v) is 6.81. The molecule has 144 valence electrons. The SMILES string of the molecule is Cc1c(-c2ccccc2C(=O)NCCc2ccccn2)n[nH]c1-c1ccccc1. The Labute approximate surface area is 169 Å². The zero-order valence-corrected chi connectivity index (χ0v) is 16.2. The number of benzene rings is 2. The number of amides is 1. The Bertz CT molecular complexity index is 1100. The van der Waals surface area contributed by atoms with Crippen LogP contribution >= 0.6 is 0 Å². The number of hydrogen-bond acceptors (Lipinski definition) is 3. The van der Waals surface area contributed by atoms with E-state index in [1.54, 1.807) is 6.20 Å². The van der Waals surface area contributed by atoms with E-state index >= 15 is 0 Å². The highest BCUT2D eigenvalue weighted by atomic mass is 16.1. The molecule has 0 saturated heterocycles. The van der Waals surface area contributed by atoms with Gasteiger partial charge in [0, 0.05) is 41.5 Å². The third kappa shape index (κ3) is 4.09. The van der Waals surface area contributed by atoms with Gasteiger partial charge in [0.05, 0.1) is 11.4 Å². The molecule has 0 spiro atoms. The lowest BCUT2D eigenvalue weighted by atomic mass is 9.99. The summed E-state index contributed by atoms with van der Waals surface area (Å²) >= 11 is 0. The first-order chi connectivity index (χ1) is 14.2. The summed E-state index contributed by atoms with van der Waals surface area (Å²) in [5.41, 5.74) is 6.23. The van der Waals surface area contributed by atoms with E-state index in [0.717, 1.165) is 33.8 Å². The van der Waals surface area contributed by atoms with Crippen LogP contribution in [0, 0.1) is 6.92 Å². The summed E-state index contributed by atoms with van der Waals surface area (Å²) in [6.07, 6.45) is 2.45. The summed E-state index contributed by atoms with van der Waals surface area (Å²) < 4.78 is 0. The van der Waals surface area contributed by atoms with Crippen LogP contribution in [0.4, 0.5) is 0 Å². The number of rotatable bonds is 6.